The first kappa shape index (κ1) is 41.9. The molecule has 0 amide bonds. The van der Waals surface area contributed by atoms with Gasteiger partial charge >= 0.3 is 23.9 Å². The van der Waals surface area contributed by atoms with Crippen LogP contribution in [0.2, 0.25) is 0 Å². The van der Waals surface area contributed by atoms with E-state index in [1.165, 1.54) is 0 Å². The molecule has 9 fully saturated rings. The van der Waals surface area contributed by atoms with E-state index in [0.717, 1.165) is 51.4 Å². The van der Waals surface area contributed by atoms with E-state index in [9.17, 15) is 19.8 Å². The summed E-state index contributed by atoms with van der Waals surface area (Å²) < 4.78 is 25.3. The SMILES string of the molecule is CCC(C)(CC(C)(CC(C)(C)C(=O)OC1(C)CC(=O)OC1(C)C)C(=O)OC12CC3CC(CC(O)(C3)C1)C2)C(=O)OC(C)(C(C)C)C12CC3CC(CC(O)(C3)C1)C2. The molecule has 9 aliphatic rings. The lowest BCUT2D eigenvalue weighted by Crippen LogP contribution is -2.65. The average molecular weight is 785 g/mol. The van der Waals surface area contributed by atoms with Gasteiger partial charge in [-0.05, 0) is 175 Å². The van der Waals surface area contributed by atoms with Gasteiger partial charge in [-0.2, -0.15) is 0 Å². The zero-order chi connectivity index (χ0) is 41.3. The van der Waals surface area contributed by atoms with Gasteiger partial charge in [0.2, 0.25) is 0 Å². The topological polar surface area (TPSA) is 146 Å². The number of cyclic esters (lactones) is 1. The van der Waals surface area contributed by atoms with E-state index in [0.29, 0.717) is 55.8 Å². The first-order chi connectivity index (χ1) is 25.5. The molecular weight excluding hydrogens is 712 g/mol. The highest BCUT2D eigenvalue weighted by molar-refractivity contribution is 5.84. The van der Waals surface area contributed by atoms with Gasteiger partial charge < -0.3 is 29.2 Å². The Morgan fingerprint density at radius 2 is 1.25 bits per heavy atom. The second-order valence-electron chi connectivity index (χ2n) is 23.4. The van der Waals surface area contributed by atoms with Gasteiger partial charge in [0.25, 0.3) is 0 Å². The molecule has 8 atom stereocenters. The fourth-order valence-electron chi connectivity index (χ4n) is 14.4. The van der Waals surface area contributed by atoms with Crippen LogP contribution in [0, 0.1) is 51.2 Å². The van der Waals surface area contributed by atoms with Gasteiger partial charge in [-0.25, -0.2) is 0 Å². The zero-order valence-electron chi connectivity index (χ0n) is 36.4. The van der Waals surface area contributed by atoms with Crippen LogP contribution < -0.4 is 0 Å². The third-order valence-electron chi connectivity index (χ3n) is 17.1. The van der Waals surface area contributed by atoms with Crippen molar-refractivity contribution >= 4 is 23.9 Å². The molecule has 1 aliphatic heterocycles. The lowest BCUT2D eigenvalue weighted by atomic mass is 9.43. The number of carbonyl (C=O) groups excluding carboxylic acids is 4. The molecule has 10 nitrogen and oxygen atoms in total. The fourth-order valence-corrected chi connectivity index (χ4v) is 14.4. The van der Waals surface area contributed by atoms with Crippen molar-refractivity contribution in [3.63, 3.8) is 0 Å². The van der Waals surface area contributed by atoms with E-state index in [4.69, 9.17) is 18.9 Å². The summed E-state index contributed by atoms with van der Waals surface area (Å²) in [5.41, 5.74) is -9.53. The van der Waals surface area contributed by atoms with Gasteiger partial charge in [0.1, 0.15) is 16.8 Å². The van der Waals surface area contributed by atoms with Gasteiger partial charge in [0, 0.05) is 11.8 Å². The fraction of sp³-hybridized carbons (Fsp3) is 0.913. The lowest BCUT2D eigenvalue weighted by molar-refractivity contribution is -0.252. The molecule has 8 bridgehead atoms. The summed E-state index contributed by atoms with van der Waals surface area (Å²) in [6.07, 6.45) is 9.94. The molecule has 10 heteroatoms. The highest BCUT2D eigenvalue weighted by atomic mass is 16.6. The van der Waals surface area contributed by atoms with Gasteiger partial charge in [0.15, 0.2) is 5.60 Å². The molecule has 8 aliphatic carbocycles. The molecule has 0 aromatic heterocycles. The molecule has 0 radical (unpaired) electrons. The van der Waals surface area contributed by atoms with E-state index in [1.807, 2.05) is 20.8 Å². The van der Waals surface area contributed by atoms with Crippen LogP contribution in [0.4, 0.5) is 0 Å². The normalized spacial score (nSPS) is 42.4. The maximum absolute atomic E-state index is 15.1. The van der Waals surface area contributed by atoms with Crippen LogP contribution in [0.15, 0.2) is 0 Å². The number of rotatable bonds is 13. The Balaban J connectivity index is 1.19. The molecule has 56 heavy (non-hydrogen) atoms. The smallest absolute Gasteiger partial charge is 0.312 e. The number of carbonyl (C=O) groups is 4. The minimum atomic E-state index is -1.35. The van der Waals surface area contributed by atoms with Crippen molar-refractivity contribution < 1.29 is 48.3 Å². The number of ether oxygens (including phenoxy) is 4. The Hall–Kier alpha value is -2.20. The van der Waals surface area contributed by atoms with Gasteiger partial charge in [0.05, 0.1) is 33.9 Å². The first-order valence-corrected chi connectivity index (χ1v) is 21.9. The Morgan fingerprint density at radius 3 is 1.70 bits per heavy atom. The van der Waals surface area contributed by atoms with Gasteiger partial charge in [-0.15, -0.1) is 0 Å². The van der Waals surface area contributed by atoms with Crippen LogP contribution in [0.3, 0.4) is 0 Å². The molecule has 2 N–H and O–H groups in total. The Kier molecular flexibility index (Phi) is 9.66. The van der Waals surface area contributed by atoms with Gasteiger partial charge in [-0.1, -0.05) is 20.8 Å². The van der Waals surface area contributed by atoms with Crippen LogP contribution in [0.25, 0.3) is 0 Å². The molecule has 9 rings (SSSR count). The van der Waals surface area contributed by atoms with E-state index in [1.54, 1.807) is 34.6 Å². The molecule has 1 heterocycles. The predicted octanol–water partition coefficient (Wildman–Crippen LogP) is 8.16. The second kappa shape index (κ2) is 12.9. The minimum Gasteiger partial charge on any atom is -0.459 e. The molecule has 316 valence electrons. The van der Waals surface area contributed by atoms with E-state index in [2.05, 4.69) is 20.8 Å². The Bertz CT molecular complexity index is 1620. The van der Waals surface area contributed by atoms with Crippen molar-refractivity contribution in [3.8, 4) is 0 Å². The second-order valence-corrected chi connectivity index (χ2v) is 23.4. The monoisotopic (exact) mass is 785 g/mol. The Labute approximate surface area is 335 Å². The van der Waals surface area contributed by atoms with E-state index >= 15 is 9.59 Å². The summed E-state index contributed by atoms with van der Waals surface area (Å²) in [5.74, 6) is -0.463. The summed E-state index contributed by atoms with van der Waals surface area (Å²) in [5, 5.41) is 23.3. The van der Waals surface area contributed by atoms with E-state index in [-0.39, 0.29) is 36.6 Å². The standard InChI is InChI=1S/C46H72O10/c1-12-39(8,35(49)55-42(11,28(2)3)43-15-29-13-30(16-43)18-44(51,17-29)26-43)25-40(9,24-37(4,5)34(48)54-41(10)23-33(47)53-38(41,6)7)36(50)56-46-21-31-14-32(22-46)20-45(52,19-31)27-46/h28-32,51-52H,12-27H2,1-11H3. The number of aliphatic hydroxyl groups is 2. The van der Waals surface area contributed by atoms with Crippen LogP contribution in [-0.4, -0.2) is 67.7 Å². The maximum atomic E-state index is 15.1. The van der Waals surface area contributed by atoms with Crippen molar-refractivity contribution in [2.45, 2.75) is 213 Å². The molecule has 8 saturated carbocycles. The highest BCUT2D eigenvalue weighted by Crippen LogP contribution is 2.67. The van der Waals surface area contributed by atoms with Crippen molar-refractivity contribution in [1.82, 2.24) is 0 Å². The number of esters is 4. The van der Waals surface area contributed by atoms with Crippen molar-refractivity contribution in [2.75, 3.05) is 0 Å². The van der Waals surface area contributed by atoms with Crippen LogP contribution in [0.5, 0.6) is 0 Å². The third-order valence-corrected chi connectivity index (χ3v) is 17.1. The molecular formula is C46H72O10. The van der Waals surface area contributed by atoms with Crippen LogP contribution >= 0.6 is 0 Å². The van der Waals surface area contributed by atoms with Crippen molar-refractivity contribution in [3.05, 3.63) is 0 Å². The van der Waals surface area contributed by atoms with Crippen LogP contribution in [0.1, 0.15) is 179 Å². The zero-order valence-corrected chi connectivity index (χ0v) is 36.4. The van der Waals surface area contributed by atoms with Gasteiger partial charge in [-0.3, -0.25) is 19.2 Å². The molecule has 0 spiro atoms. The van der Waals surface area contributed by atoms with Crippen molar-refractivity contribution in [2.24, 2.45) is 51.2 Å². The molecule has 1 saturated heterocycles. The molecule has 0 aromatic carbocycles. The summed E-state index contributed by atoms with van der Waals surface area (Å²) >= 11 is 0. The summed E-state index contributed by atoms with van der Waals surface area (Å²) in [6.45, 7) is 20.6. The lowest BCUT2D eigenvalue weighted by Gasteiger charge is -2.65. The number of hydrogen-bond donors (Lipinski definition) is 2. The summed E-state index contributed by atoms with van der Waals surface area (Å²) in [7, 11) is 0. The third kappa shape index (κ3) is 6.84. The quantitative estimate of drug-likeness (QED) is 0.139. The summed E-state index contributed by atoms with van der Waals surface area (Å²) in [4.78, 5) is 56.7. The molecule has 8 unspecified atom stereocenters. The first-order valence-electron chi connectivity index (χ1n) is 21.9. The predicted molar refractivity (Wildman–Crippen MR) is 209 cm³/mol. The Morgan fingerprint density at radius 1 is 0.732 bits per heavy atom. The van der Waals surface area contributed by atoms with Crippen molar-refractivity contribution in [1.29, 1.82) is 0 Å². The minimum absolute atomic E-state index is 0.0147. The number of hydrogen-bond acceptors (Lipinski definition) is 10. The van der Waals surface area contributed by atoms with Crippen LogP contribution in [-0.2, 0) is 38.1 Å². The summed E-state index contributed by atoms with van der Waals surface area (Å²) in [6, 6.07) is 0. The maximum Gasteiger partial charge on any atom is 0.312 e. The molecule has 0 aromatic rings. The average Bonchev–Trinajstić information content (AvgIpc) is 3.22. The van der Waals surface area contributed by atoms with E-state index < -0.39 is 67.8 Å². The largest absolute Gasteiger partial charge is 0.459 e. The highest BCUT2D eigenvalue weighted by Gasteiger charge is 2.67.